The maximum absolute atomic E-state index is 12.7. The summed E-state index contributed by atoms with van der Waals surface area (Å²) in [5.41, 5.74) is -0.0259. The Balaban J connectivity index is 1.75. The summed E-state index contributed by atoms with van der Waals surface area (Å²) in [5, 5.41) is 29.2. The second-order valence-electron chi connectivity index (χ2n) is 6.95. The van der Waals surface area contributed by atoms with Gasteiger partial charge < -0.3 is 33.9 Å². The number of benzene rings is 3. The van der Waals surface area contributed by atoms with Crippen molar-refractivity contribution in [3.8, 4) is 45.8 Å². The van der Waals surface area contributed by atoms with Crippen LogP contribution in [0.4, 0.5) is 0 Å². The quantitative estimate of drug-likeness (QED) is 0.235. The summed E-state index contributed by atoms with van der Waals surface area (Å²) in [6.45, 7) is 0. The number of esters is 1. The van der Waals surface area contributed by atoms with Crippen LogP contribution in [0.1, 0.15) is 10.4 Å². The molecular formula is C24H18O9. The summed E-state index contributed by atoms with van der Waals surface area (Å²) in [6, 6.07) is 12.0. The molecule has 0 spiro atoms. The van der Waals surface area contributed by atoms with Crippen molar-refractivity contribution in [1.29, 1.82) is 0 Å². The first-order valence-corrected chi connectivity index (χ1v) is 9.58. The van der Waals surface area contributed by atoms with Crippen LogP contribution in [-0.2, 0) is 0 Å². The molecule has 1 heterocycles. The molecule has 3 N–H and O–H groups in total. The molecule has 3 aromatic carbocycles. The number of carbonyl (C=O) groups is 1. The average Bonchev–Trinajstić information content (AvgIpc) is 2.79. The molecule has 4 aromatic rings. The lowest BCUT2D eigenvalue weighted by atomic mass is 10.1. The van der Waals surface area contributed by atoms with E-state index in [0.717, 1.165) is 18.2 Å². The summed E-state index contributed by atoms with van der Waals surface area (Å²) < 4.78 is 21.6. The monoisotopic (exact) mass is 450 g/mol. The van der Waals surface area contributed by atoms with E-state index in [1.165, 1.54) is 32.4 Å². The highest BCUT2D eigenvalue weighted by atomic mass is 16.5. The fourth-order valence-electron chi connectivity index (χ4n) is 3.25. The first-order valence-electron chi connectivity index (χ1n) is 9.58. The lowest BCUT2D eigenvalue weighted by molar-refractivity contribution is 0.0734. The van der Waals surface area contributed by atoms with Crippen molar-refractivity contribution in [1.82, 2.24) is 0 Å². The van der Waals surface area contributed by atoms with E-state index < -0.39 is 22.9 Å². The Morgan fingerprint density at radius 2 is 1.58 bits per heavy atom. The van der Waals surface area contributed by atoms with E-state index >= 15 is 0 Å². The average molecular weight is 450 g/mol. The lowest BCUT2D eigenvalue weighted by Gasteiger charge is -2.11. The standard InChI is InChI=1S/C24H18O9/c1-30-19-6-4-12(8-21(19)31-2)20-11-18(28)23-17(27)9-14(10-22(23)33-20)32-24(29)13-3-5-15(25)16(26)7-13/h3-11,25-27H,1-2H3. The maximum Gasteiger partial charge on any atom is 0.343 e. The van der Waals surface area contributed by atoms with Crippen LogP contribution in [-0.4, -0.2) is 35.5 Å². The summed E-state index contributed by atoms with van der Waals surface area (Å²) in [7, 11) is 2.98. The zero-order valence-corrected chi connectivity index (χ0v) is 17.5. The minimum absolute atomic E-state index is 0.0105. The summed E-state index contributed by atoms with van der Waals surface area (Å²) in [4.78, 5) is 25.1. The van der Waals surface area contributed by atoms with Crippen LogP contribution in [0.15, 0.2) is 63.8 Å². The molecule has 0 aliphatic rings. The van der Waals surface area contributed by atoms with E-state index in [2.05, 4.69) is 0 Å². The Morgan fingerprint density at radius 1 is 0.818 bits per heavy atom. The van der Waals surface area contributed by atoms with Gasteiger partial charge in [0.15, 0.2) is 28.4 Å². The van der Waals surface area contributed by atoms with Gasteiger partial charge in [-0.15, -0.1) is 0 Å². The number of fused-ring (bicyclic) bond motifs is 1. The Kier molecular flexibility index (Phi) is 5.53. The van der Waals surface area contributed by atoms with Gasteiger partial charge in [0.25, 0.3) is 0 Å². The van der Waals surface area contributed by atoms with E-state index in [-0.39, 0.29) is 33.8 Å². The van der Waals surface area contributed by atoms with Gasteiger partial charge in [0, 0.05) is 23.8 Å². The number of hydrogen-bond donors (Lipinski definition) is 3. The Labute approximate surface area is 186 Å². The molecule has 0 saturated heterocycles. The van der Waals surface area contributed by atoms with Crippen molar-refractivity contribution in [3.63, 3.8) is 0 Å². The molecule has 0 aliphatic heterocycles. The third-order valence-corrected chi connectivity index (χ3v) is 4.87. The van der Waals surface area contributed by atoms with Gasteiger partial charge in [-0.2, -0.15) is 0 Å². The Morgan fingerprint density at radius 3 is 2.27 bits per heavy atom. The summed E-state index contributed by atoms with van der Waals surface area (Å²) in [5.74, 6) is -1.14. The second kappa shape index (κ2) is 8.46. The highest BCUT2D eigenvalue weighted by molar-refractivity contribution is 5.93. The maximum atomic E-state index is 12.7. The van der Waals surface area contributed by atoms with Gasteiger partial charge in [-0.25, -0.2) is 4.79 Å². The van der Waals surface area contributed by atoms with Crippen molar-refractivity contribution < 1.29 is 38.7 Å². The molecule has 0 atom stereocenters. The lowest BCUT2D eigenvalue weighted by Crippen LogP contribution is -2.09. The Bertz CT molecular complexity index is 1440. The van der Waals surface area contributed by atoms with Gasteiger partial charge in [-0.3, -0.25) is 4.79 Å². The normalized spacial score (nSPS) is 10.7. The van der Waals surface area contributed by atoms with Crippen molar-refractivity contribution in [2.75, 3.05) is 14.2 Å². The molecule has 0 radical (unpaired) electrons. The zero-order chi connectivity index (χ0) is 23.7. The number of carbonyl (C=O) groups excluding carboxylic acids is 1. The SMILES string of the molecule is COc1ccc(-c2cc(=O)c3c(O)cc(OC(=O)c4ccc(O)c(O)c4)cc3o2)cc1OC. The predicted molar refractivity (Wildman–Crippen MR) is 117 cm³/mol. The number of hydrogen-bond acceptors (Lipinski definition) is 9. The molecule has 33 heavy (non-hydrogen) atoms. The van der Waals surface area contributed by atoms with Crippen molar-refractivity contribution in [3.05, 3.63) is 70.4 Å². The van der Waals surface area contributed by atoms with E-state index in [1.807, 2.05) is 0 Å². The van der Waals surface area contributed by atoms with Gasteiger partial charge in [0.1, 0.15) is 28.2 Å². The van der Waals surface area contributed by atoms with Crippen molar-refractivity contribution in [2.45, 2.75) is 0 Å². The molecule has 1 aromatic heterocycles. The fourth-order valence-corrected chi connectivity index (χ4v) is 3.25. The fraction of sp³-hybridized carbons (Fsp3) is 0.0833. The largest absolute Gasteiger partial charge is 0.507 e. The van der Waals surface area contributed by atoms with Crippen LogP contribution in [0, 0.1) is 0 Å². The van der Waals surface area contributed by atoms with Crippen LogP contribution in [0.3, 0.4) is 0 Å². The van der Waals surface area contributed by atoms with Crippen LogP contribution >= 0.6 is 0 Å². The minimum Gasteiger partial charge on any atom is -0.507 e. The number of phenols is 3. The van der Waals surface area contributed by atoms with Crippen molar-refractivity contribution >= 4 is 16.9 Å². The van der Waals surface area contributed by atoms with Crippen LogP contribution < -0.4 is 19.6 Å². The van der Waals surface area contributed by atoms with Crippen molar-refractivity contribution in [2.24, 2.45) is 0 Å². The minimum atomic E-state index is -0.859. The van der Waals surface area contributed by atoms with Crippen LogP contribution in [0.25, 0.3) is 22.3 Å². The van der Waals surface area contributed by atoms with Gasteiger partial charge >= 0.3 is 5.97 Å². The Hall–Kier alpha value is -4.66. The molecule has 9 nitrogen and oxygen atoms in total. The van der Waals surface area contributed by atoms with Gasteiger partial charge in [0.05, 0.1) is 19.8 Å². The van der Waals surface area contributed by atoms with Gasteiger partial charge in [-0.05, 0) is 36.4 Å². The topological polar surface area (TPSA) is 136 Å². The number of methoxy groups -OCH3 is 2. The molecule has 4 rings (SSSR count). The van der Waals surface area contributed by atoms with E-state index in [0.29, 0.717) is 17.1 Å². The van der Waals surface area contributed by atoms with Gasteiger partial charge in [0.2, 0.25) is 0 Å². The third kappa shape index (κ3) is 4.11. The van der Waals surface area contributed by atoms with Crippen LogP contribution in [0.2, 0.25) is 0 Å². The molecule has 168 valence electrons. The van der Waals surface area contributed by atoms with E-state index in [4.69, 9.17) is 18.6 Å². The van der Waals surface area contributed by atoms with Crippen LogP contribution in [0.5, 0.6) is 34.5 Å². The molecule has 0 amide bonds. The summed E-state index contributed by atoms with van der Waals surface area (Å²) >= 11 is 0. The highest BCUT2D eigenvalue weighted by Crippen LogP contribution is 2.35. The number of phenolic OH excluding ortho intramolecular Hbond substituents is 3. The molecular weight excluding hydrogens is 432 g/mol. The zero-order valence-electron chi connectivity index (χ0n) is 17.5. The number of ether oxygens (including phenoxy) is 3. The second-order valence-corrected chi connectivity index (χ2v) is 6.95. The third-order valence-electron chi connectivity index (χ3n) is 4.87. The molecule has 0 bridgehead atoms. The predicted octanol–water partition coefficient (Wildman–Crippen LogP) is 3.81. The molecule has 9 heteroatoms. The first-order chi connectivity index (χ1) is 15.8. The molecule has 0 aliphatic carbocycles. The smallest absolute Gasteiger partial charge is 0.343 e. The number of rotatable bonds is 5. The molecule has 0 fully saturated rings. The molecule has 0 saturated carbocycles. The number of aromatic hydroxyl groups is 3. The van der Waals surface area contributed by atoms with E-state index in [1.54, 1.807) is 18.2 Å². The summed E-state index contributed by atoms with van der Waals surface area (Å²) in [6.07, 6.45) is 0. The van der Waals surface area contributed by atoms with E-state index in [9.17, 15) is 24.9 Å². The highest BCUT2D eigenvalue weighted by Gasteiger charge is 2.17. The van der Waals surface area contributed by atoms with Gasteiger partial charge in [-0.1, -0.05) is 0 Å². The molecule has 0 unspecified atom stereocenters. The first kappa shape index (κ1) is 21.6.